The highest BCUT2D eigenvalue weighted by atomic mass is 32.2. The largest absolute Gasteiger partial charge is 0.377 e. The lowest BCUT2D eigenvalue weighted by atomic mass is 10.1. The number of likely N-dealkylation sites (tertiary alicyclic amines) is 1. The van der Waals surface area contributed by atoms with E-state index in [9.17, 15) is 9.00 Å². The Balaban J connectivity index is 0.000000465. The van der Waals surface area contributed by atoms with E-state index in [0.717, 1.165) is 42.2 Å². The van der Waals surface area contributed by atoms with E-state index in [2.05, 4.69) is 43.9 Å². The van der Waals surface area contributed by atoms with Gasteiger partial charge >= 0.3 is 0 Å². The van der Waals surface area contributed by atoms with Gasteiger partial charge in [-0.2, -0.15) is 0 Å². The van der Waals surface area contributed by atoms with Crippen LogP contribution in [0.2, 0.25) is 0 Å². The fourth-order valence-corrected chi connectivity index (χ4v) is 4.87. The Kier molecular flexibility index (Phi) is 9.79. The fourth-order valence-electron chi connectivity index (χ4n) is 2.75. The summed E-state index contributed by atoms with van der Waals surface area (Å²) in [6.45, 7) is 2.80. The number of ether oxygens (including phenoxy) is 1. The Morgan fingerprint density at radius 3 is 2.81 bits per heavy atom. The smallest absolute Gasteiger partial charge is 0.145 e. The number of benzene rings is 1. The molecule has 2 atom stereocenters. The molecular weight excluding hydrogens is 382 g/mol. The molecule has 1 aliphatic heterocycles. The molecule has 3 rings (SSSR count). The van der Waals surface area contributed by atoms with Crippen LogP contribution >= 0.6 is 11.3 Å². The molecule has 0 saturated carbocycles. The monoisotopic (exact) mass is 409 g/mol. The Bertz CT molecular complexity index is 709. The van der Waals surface area contributed by atoms with E-state index in [1.165, 1.54) is 7.11 Å². The SMILES string of the molecule is CN1CCCC(S(=O)NCc2nc(-c3ccccc3)cs2)C1.COCC=O. The van der Waals surface area contributed by atoms with Crippen LogP contribution in [-0.2, 0) is 27.1 Å². The standard InChI is InChI=1S/C16H21N3OS2.C3H6O2/c1-19-9-5-8-14(11-19)22(20)17-10-16-18-15(12-21-16)13-6-3-2-4-7-13;1-5-3-2-4/h2-4,6-7,12,14,17H,5,8-11H2,1H3;2H,3H2,1H3. The maximum atomic E-state index is 12.3. The van der Waals surface area contributed by atoms with Crippen molar-refractivity contribution in [1.29, 1.82) is 0 Å². The van der Waals surface area contributed by atoms with Gasteiger partial charge in [0.1, 0.15) is 17.9 Å². The van der Waals surface area contributed by atoms with Crippen molar-refractivity contribution in [2.45, 2.75) is 24.6 Å². The molecule has 1 saturated heterocycles. The molecule has 1 aromatic heterocycles. The summed E-state index contributed by atoms with van der Waals surface area (Å²) in [4.78, 5) is 16.2. The lowest BCUT2D eigenvalue weighted by Gasteiger charge is -2.28. The van der Waals surface area contributed by atoms with Crippen molar-refractivity contribution in [2.24, 2.45) is 0 Å². The van der Waals surface area contributed by atoms with Gasteiger partial charge in [0.05, 0.1) is 28.5 Å². The van der Waals surface area contributed by atoms with Crippen LogP contribution in [0, 0.1) is 0 Å². The molecular formula is C19H27N3O3S2. The van der Waals surface area contributed by atoms with E-state index >= 15 is 0 Å². The molecule has 0 aliphatic carbocycles. The number of piperidine rings is 1. The number of methoxy groups -OCH3 is 1. The lowest BCUT2D eigenvalue weighted by Crippen LogP contribution is -2.41. The second-order valence-electron chi connectivity index (χ2n) is 6.26. The Hall–Kier alpha value is -1.45. The molecule has 2 unspecified atom stereocenters. The number of nitrogens with zero attached hydrogens (tertiary/aromatic N) is 2. The molecule has 1 aromatic carbocycles. The van der Waals surface area contributed by atoms with Crippen LogP contribution in [0.1, 0.15) is 17.8 Å². The van der Waals surface area contributed by atoms with Crippen molar-refractivity contribution in [3.05, 3.63) is 40.7 Å². The minimum atomic E-state index is -0.988. The number of aldehydes is 1. The molecule has 2 heterocycles. The molecule has 0 amide bonds. The second-order valence-corrected chi connectivity index (χ2v) is 8.75. The zero-order chi connectivity index (χ0) is 19.5. The van der Waals surface area contributed by atoms with Gasteiger partial charge in [0.25, 0.3) is 0 Å². The number of hydrogen-bond acceptors (Lipinski definition) is 6. The first-order valence-corrected chi connectivity index (χ1v) is 11.0. The van der Waals surface area contributed by atoms with Gasteiger partial charge in [0.2, 0.25) is 0 Å². The first kappa shape index (κ1) is 21.8. The van der Waals surface area contributed by atoms with Crippen LogP contribution in [-0.4, -0.2) is 59.5 Å². The Labute approximate surface area is 167 Å². The van der Waals surface area contributed by atoms with E-state index in [-0.39, 0.29) is 11.9 Å². The van der Waals surface area contributed by atoms with Crippen LogP contribution in [0.4, 0.5) is 0 Å². The second kappa shape index (κ2) is 12.1. The quantitative estimate of drug-likeness (QED) is 0.712. The summed E-state index contributed by atoms with van der Waals surface area (Å²) in [5.74, 6) is 0. The van der Waals surface area contributed by atoms with E-state index < -0.39 is 11.0 Å². The maximum absolute atomic E-state index is 12.3. The predicted molar refractivity (Wildman–Crippen MR) is 111 cm³/mol. The molecule has 6 nitrogen and oxygen atoms in total. The van der Waals surface area contributed by atoms with Gasteiger partial charge in [-0.3, -0.25) is 0 Å². The van der Waals surface area contributed by atoms with Gasteiger partial charge in [0, 0.05) is 24.6 Å². The van der Waals surface area contributed by atoms with Gasteiger partial charge in [-0.15, -0.1) is 11.3 Å². The third-order valence-corrected chi connectivity index (χ3v) is 6.37. The van der Waals surface area contributed by atoms with Crippen LogP contribution in [0.5, 0.6) is 0 Å². The summed E-state index contributed by atoms with van der Waals surface area (Å²) in [6.07, 6.45) is 2.88. The Morgan fingerprint density at radius 1 is 1.41 bits per heavy atom. The Morgan fingerprint density at radius 2 is 2.19 bits per heavy atom. The average Bonchev–Trinajstić information content (AvgIpc) is 3.17. The summed E-state index contributed by atoms with van der Waals surface area (Å²) in [7, 11) is 2.59. The first-order chi connectivity index (χ1) is 13.1. The number of thiazole rings is 1. The minimum Gasteiger partial charge on any atom is -0.377 e. The molecule has 0 bridgehead atoms. The highest BCUT2D eigenvalue weighted by Crippen LogP contribution is 2.21. The lowest BCUT2D eigenvalue weighted by molar-refractivity contribution is -0.110. The first-order valence-electron chi connectivity index (χ1n) is 8.89. The van der Waals surface area contributed by atoms with E-state index in [0.29, 0.717) is 12.8 Å². The van der Waals surface area contributed by atoms with Gasteiger partial charge < -0.3 is 14.4 Å². The minimum absolute atomic E-state index is 0.208. The zero-order valence-corrected chi connectivity index (χ0v) is 17.4. The molecule has 148 valence electrons. The fraction of sp³-hybridized carbons (Fsp3) is 0.474. The molecule has 1 aliphatic rings. The molecule has 1 N–H and O–H groups in total. The third kappa shape index (κ3) is 7.59. The number of nitrogens with one attached hydrogen (secondary N) is 1. The number of carbonyl (C=O) groups is 1. The number of aromatic nitrogens is 1. The van der Waals surface area contributed by atoms with Crippen LogP contribution < -0.4 is 4.72 Å². The van der Waals surface area contributed by atoms with Crippen molar-refractivity contribution in [2.75, 3.05) is 33.9 Å². The molecule has 2 aromatic rings. The van der Waals surface area contributed by atoms with Gasteiger partial charge in [0.15, 0.2) is 0 Å². The van der Waals surface area contributed by atoms with Crippen molar-refractivity contribution in [3.8, 4) is 11.3 Å². The topological polar surface area (TPSA) is 71.5 Å². The predicted octanol–water partition coefficient (Wildman–Crippen LogP) is 2.49. The van der Waals surface area contributed by atoms with Crippen LogP contribution in [0.25, 0.3) is 11.3 Å². The highest BCUT2D eigenvalue weighted by molar-refractivity contribution is 7.83. The van der Waals surface area contributed by atoms with Crippen molar-refractivity contribution in [3.63, 3.8) is 0 Å². The van der Waals surface area contributed by atoms with Crippen molar-refractivity contribution in [1.82, 2.24) is 14.6 Å². The van der Waals surface area contributed by atoms with Crippen LogP contribution in [0.3, 0.4) is 0 Å². The van der Waals surface area contributed by atoms with E-state index in [1.54, 1.807) is 11.3 Å². The van der Waals surface area contributed by atoms with Gasteiger partial charge in [-0.25, -0.2) is 13.9 Å². The summed E-state index contributed by atoms with van der Waals surface area (Å²) >= 11 is 1.62. The summed E-state index contributed by atoms with van der Waals surface area (Å²) in [6, 6.07) is 10.1. The van der Waals surface area contributed by atoms with E-state index in [1.807, 2.05) is 18.2 Å². The number of rotatable bonds is 7. The van der Waals surface area contributed by atoms with Crippen LogP contribution in [0.15, 0.2) is 35.7 Å². The molecule has 1 fully saturated rings. The summed E-state index contributed by atoms with van der Waals surface area (Å²) in [5, 5.41) is 3.27. The molecule has 8 heteroatoms. The summed E-state index contributed by atoms with van der Waals surface area (Å²) < 4.78 is 19.8. The highest BCUT2D eigenvalue weighted by Gasteiger charge is 2.22. The third-order valence-electron chi connectivity index (χ3n) is 4.11. The van der Waals surface area contributed by atoms with Crippen molar-refractivity contribution >= 4 is 28.6 Å². The number of hydrogen-bond donors (Lipinski definition) is 1. The average molecular weight is 410 g/mol. The molecule has 0 radical (unpaired) electrons. The molecule has 0 spiro atoms. The molecule has 27 heavy (non-hydrogen) atoms. The summed E-state index contributed by atoms with van der Waals surface area (Å²) in [5.41, 5.74) is 2.12. The van der Waals surface area contributed by atoms with E-state index in [4.69, 9.17) is 0 Å². The van der Waals surface area contributed by atoms with Gasteiger partial charge in [-0.05, 0) is 26.4 Å². The van der Waals surface area contributed by atoms with Crippen molar-refractivity contribution < 1.29 is 13.7 Å². The van der Waals surface area contributed by atoms with Gasteiger partial charge in [-0.1, -0.05) is 30.3 Å². The normalized spacial score (nSPS) is 18.4. The number of carbonyl (C=O) groups excluding carboxylic acids is 1. The maximum Gasteiger partial charge on any atom is 0.145 e. The zero-order valence-electron chi connectivity index (χ0n) is 15.8.